The Balaban J connectivity index is 1.70. The van der Waals surface area contributed by atoms with Crippen molar-refractivity contribution in [2.45, 2.75) is 13.3 Å². The van der Waals surface area contributed by atoms with Crippen molar-refractivity contribution in [2.75, 3.05) is 16.8 Å². The minimum absolute atomic E-state index is 0.0274. The van der Waals surface area contributed by atoms with Crippen molar-refractivity contribution in [1.82, 2.24) is 0 Å². The Morgan fingerprint density at radius 1 is 1.17 bits per heavy atom. The van der Waals surface area contributed by atoms with E-state index in [1.807, 2.05) is 49.4 Å². The molecule has 0 unspecified atom stereocenters. The number of aryl methyl sites for hydroxylation is 1. The largest absolute Gasteiger partial charge is 0.325 e. The van der Waals surface area contributed by atoms with E-state index in [1.54, 1.807) is 4.90 Å². The molecule has 1 aliphatic heterocycles. The molecule has 1 saturated heterocycles. The maximum atomic E-state index is 12.5. The van der Waals surface area contributed by atoms with Gasteiger partial charge in [-0.25, -0.2) is 0 Å². The SMILES string of the molecule is Cc1ccc(NC(=O)[C@@H]2CC(=O)N(c3ccc(Br)cc3)C2)c(Br)c1. The van der Waals surface area contributed by atoms with Gasteiger partial charge in [-0.05, 0) is 64.8 Å². The van der Waals surface area contributed by atoms with E-state index >= 15 is 0 Å². The molecule has 2 aromatic carbocycles. The van der Waals surface area contributed by atoms with Gasteiger partial charge in [0.05, 0.1) is 11.6 Å². The van der Waals surface area contributed by atoms with Gasteiger partial charge in [-0.1, -0.05) is 22.0 Å². The summed E-state index contributed by atoms with van der Waals surface area (Å²) < 4.78 is 1.79. The lowest BCUT2D eigenvalue weighted by Crippen LogP contribution is -2.28. The quantitative estimate of drug-likeness (QED) is 0.746. The number of anilines is 2. The van der Waals surface area contributed by atoms with Gasteiger partial charge >= 0.3 is 0 Å². The lowest BCUT2D eigenvalue weighted by atomic mass is 10.1. The summed E-state index contributed by atoms with van der Waals surface area (Å²) >= 11 is 6.84. The number of nitrogens with one attached hydrogen (secondary N) is 1. The van der Waals surface area contributed by atoms with Crippen LogP contribution >= 0.6 is 31.9 Å². The monoisotopic (exact) mass is 450 g/mol. The van der Waals surface area contributed by atoms with Gasteiger partial charge in [0, 0.05) is 27.6 Å². The smallest absolute Gasteiger partial charge is 0.229 e. The first-order valence-electron chi connectivity index (χ1n) is 7.57. The number of carbonyl (C=O) groups excluding carboxylic acids is 2. The Labute approximate surface area is 157 Å². The molecule has 1 heterocycles. The highest BCUT2D eigenvalue weighted by Crippen LogP contribution is 2.29. The number of hydrogen-bond acceptors (Lipinski definition) is 2. The molecule has 2 amide bonds. The summed E-state index contributed by atoms with van der Waals surface area (Å²) in [6.45, 7) is 2.39. The van der Waals surface area contributed by atoms with Crippen LogP contribution in [0.3, 0.4) is 0 Å². The van der Waals surface area contributed by atoms with Gasteiger partial charge in [-0.2, -0.15) is 0 Å². The average molecular weight is 452 g/mol. The molecule has 2 aromatic rings. The van der Waals surface area contributed by atoms with E-state index < -0.39 is 0 Å². The zero-order chi connectivity index (χ0) is 17.3. The fourth-order valence-corrected chi connectivity index (χ4v) is 3.57. The molecule has 1 N–H and O–H groups in total. The molecule has 3 rings (SSSR count). The van der Waals surface area contributed by atoms with Crippen LogP contribution in [0.5, 0.6) is 0 Å². The van der Waals surface area contributed by atoms with Crippen LogP contribution in [0, 0.1) is 12.8 Å². The zero-order valence-electron chi connectivity index (χ0n) is 13.1. The van der Waals surface area contributed by atoms with E-state index in [0.29, 0.717) is 6.54 Å². The van der Waals surface area contributed by atoms with Crippen LogP contribution in [-0.2, 0) is 9.59 Å². The zero-order valence-corrected chi connectivity index (χ0v) is 16.2. The van der Waals surface area contributed by atoms with Crippen LogP contribution in [-0.4, -0.2) is 18.4 Å². The molecule has 0 bridgehead atoms. The van der Waals surface area contributed by atoms with Crippen molar-refractivity contribution in [2.24, 2.45) is 5.92 Å². The lowest BCUT2D eigenvalue weighted by molar-refractivity contribution is -0.122. The first-order valence-corrected chi connectivity index (χ1v) is 9.15. The van der Waals surface area contributed by atoms with Crippen molar-refractivity contribution in [3.8, 4) is 0 Å². The average Bonchev–Trinajstić information content (AvgIpc) is 2.93. The van der Waals surface area contributed by atoms with E-state index in [9.17, 15) is 9.59 Å². The van der Waals surface area contributed by atoms with Gasteiger partial charge in [0.1, 0.15) is 0 Å². The van der Waals surface area contributed by atoms with Gasteiger partial charge < -0.3 is 10.2 Å². The number of carbonyl (C=O) groups is 2. The van der Waals surface area contributed by atoms with Crippen LogP contribution in [0.4, 0.5) is 11.4 Å². The molecule has 4 nitrogen and oxygen atoms in total. The molecular formula is C18H16Br2N2O2. The van der Waals surface area contributed by atoms with Gasteiger partial charge in [0.25, 0.3) is 0 Å². The van der Waals surface area contributed by atoms with Gasteiger partial charge in [0.2, 0.25) is 11.8 Å². The molecule has 1 aliphatic rings. The second-order valence-corrected chi connectivity index (χ2v) is 7.62. The lowest BCUT2D eigenvalue weighted by Gasteiger charge is -2.17. The fraction of sp³-hybridized carbons (Fsp3) is 0.222. The molecule has 124 valence electrons. The highest BCUT2D eigenvalue weighted by atomic mass is 79.9. The summed E-state index contributed by atoms with van der Waals surface area (Å²) in [7, 11) is 0. The van der Waals surface area contributed by atoms with Crippen LogP contribution < -0.4 is 10.2 Å². The highest BCUT2D eigenvalue weighted by molar-refractivity contribution is 9.10. The summed E-state index contributed by atoms with van der Waals surface area (Å²) in [5, 5.41) is 2.91. The molecule has 0 saturated carbocycles. The van der Waals surface area contributed by atoms with Gasteiger partial charge in [-0.15, -0.1) is 0 Å². The molecule has 0 aromatic heterocycles. The van der Waals surface area contributed by atoms with Gasteiger partial charge in [-0.3, -0.25) is 9.59 Å². The van der Waals surface area contributed by atoms with E-state index in [1.165, 1.54) is 0 Å². The van der Waals surface area contributed by atoms with Crippen molar-refractivity contribution < 1.29 is 9.59 Å². The Morgan fingerprint density at radius 2 is 1.88 bits per heavy atom. The number of amides is 2. The molecule has 1 atom stereocenters. The number of halogens is 2. The van der Waals surface area contributed by atoms with E-state index in [2.05, 4.69) is 37.2 Å². The third kappa shape index (κ3) is 3.70. The topological polar surface area (TPSA) is 49.4 Å². The first kappa shape index (κ1) is 17.2. The van der Waals surface area contributed by atoms with Crippen LogP contribution in [0.1, 0.15) is 12.0 Å². The molecule has 6 heteroatoms. The predicted molar refractivity (Wildman–Crippen MR) is 102 cm³/mol. The van der Waals surface area contributed by atoms with Crippen LogP contribution in [0.15, 0.2) is 51.4 Å². The molecule has 1 fully saturated rings. The van der Waals surface area contributed by atoms with Crippen molar-refractivity contribution in [3.63, 3.8) is 0 Å². The third-order valence-corrected chi connectivity index (χ3v) is 5.20. The molecule has 0 radical (unpaired) electrons. The Hall–Kier alpha value is -1.66. The van der Waals surface area contributed by atoms with Gasteiger partial charge in [0.15, 0.2) is 0 Å². The fourth-order valence-electron chi connectivity index (χ4n) is 2.71. The van der Waals surface area contributed by atoms with Crippen molar-refractivity contribution in [3.05, 3.63) is 57.0 Å². The number of benzene rings is 2. The summed E-state index contributed by atoms with van der Waals surface area (Å²) in [6, 6.07) is 13.3. The second-order valence-electron chi connectivity index (χ2n) is 5.85. The predicted octanol–water partition coefficient (Wildman–Crippen LogP) is 4.51. The molecule has 24 heavy (non-hydrogen) atoms. The van der Waals surface area contributed by atoms with Crippen LogP contribution in [0.2, 0.25) is 0 Å². The van der Waals surface area contributed by atoms with Crippen molar-refractivity contribution in [1.29, 1.82) is 0 Å². The summed E-state index contributed by atoms with van der Waals surface area (Å²) in [5.41, 5.74) is 2.65. The first-order chi connectivity index (χ1) is 11.4. The summed E-state index contributed by atoms with van der Waals surface area (Å²) in [6.07, 6.45) is 0.228. The number of hydrogen-bond donors (Lipinski definition) is 1. The summed E-state index contributed by atoms with van der Waals surface area (Å²) in [5.74, 6) is -0.512. The number of rotatable bonds is 3. The van der Waals surface area contributed by atoms with E-state index in [4.69, 9.17) is 0 Å². The Morgan fingerprint density at radius 3 is 2.54 bits per heavy atom. The molecule has 0 aliphatic carbocycles. The number of nitrogens with zero attached hydrogens (tertiary/aromatic N) is 1. The maximum absolute atomic E-state index is 12.5. The minimum Gasteiger partial charge on any atom is -0.325 e. The molecular weight excluding hydrogens is 436 g/mol. The highest BCUT2D eigenvalue weighted by Gasteiger charge is 2.35. The van der Waals surface area contributed by atoms with Crippen LogP contribution in [0.25, 0.3) is 0 Å². The third-order valence-electron chi connectivity index (χ3n) is 4.02. The standard InChI is InChI=1S/C18H16Br2N2O2/c1-11-2-7-16(15(20)8-11)21-18(24)12-9-17(23)22(10-12)14-5-3-13(19)4-6-14/h2-8,12H,9-10H2,1H3,(H,21,24)/t12-/m1/s1. The second kappa shape index (κ2) is 7.07. The minimum atomic E-state index is -0.352. The normalized spacial score (nSPS) is 17.2. The van der Waals surface area contributed by atoms with E-state index in [0.717, 1.165) is 25.9 Å². The Kier molecular flexibility index (Phi) is 5.06. The Bertz CT molecular complexity index is 790. The molecule has 0 spiro atoms. The maximum Gasteiger partial charge on any atom is 0.229 e. The summed E-state index contributed by atoms with van der Waals surface area (Å²) in [4.78, 5) is 26.4. The van der Waals surface area contributed by atoms with Crippen molar-refractivity contribution >= 4 is 55.0 Å². The van der Waals surface area contributed by atoms with E-state index in [-0.39, 0.29) is 24.2 Å².